The van der Waals surface area contributed by atoms with Crippen LogP contribution in [0.5, 0.6) is 5.75 Å². The van der Waals surface area contributed by atoms with Crippen LogP contribution in [0.25, 0.3) is 0 Å². The van der Waals surface area contributed by atoms with Gasteiger partial charge in [-0.05, 0) is 35.9 Å². The molecule has 0 radical (unpaired) electrons. The predicted molar refractivity (Wildman–Crippen MR) is 93.5 cm³/mol. The third-order valence-corrected chi connectivity index (χ3v) is 3.76. The molecule has 0 aliphatic heterocycles. The lowest BCUT2D eigenvalue weighted by molar-refractivity contribution is -0.121. The zero-order valence-corrected chi connectivity index (χ0v) is 14.2. The van der Waals surface area contributed by atoms with Gasteiger partial charge in [0.05, 0.1) is 23.6 Å². The average molecular weight is 368 g/mol. The van der Waals surface area contributed by atoms with Crippen molar-refractivity contribution in [3.8, 4) is 5.75 Å². The minimum atomic E-state index is -0.600. The van der Waals surface area contributed by atoms with Gasteiger partial charge in [-0.25, -0.2) is 10.2 Å². The van der Waals surface area contributed by atoms with Gasteiger partial charge >= 0.3 is 6.03 Å². The Kier molecular flexibility index (Phi) is 6.28. The lowest BCUT2D eigenvalue weighted by atomic mass is 10.1. The summed E-state index contributed by atoms with van der Waals surface area (Å²) in [6.07, 6.45) is 0.122. The highest BCUT2D eigenvalue weighted by Gasteiger charge is 2.07. The minimum Gasteiger partial charge on any atom is -0.497 e. The molecule has 0 saturated heterocycles. The van der Waals surface area contributed by atoms with Gasteiger partial charge < -0.3 is 10.1 Å². The van der Waals surface area contributed by atoms with Gasteiger partial charge in [-0.3, -0.25) is 10.2 Å². The van der Waals surface area contributed by atoms with Crippen LogP contribution in [0.3, 0.4) is 0 Å². The normalized spacial score (nSPS) is 9.96. The smallest absolute Gasteiger partial charge is 0.337 e. The molecule has 2 rings (SSSR count). The number of anilines is 1. The summed E-state index contributed by atoms with van der Waals surface area (Å²) in [5, 5.41) is 3.22. The summed E-state index contributed by atoms with van der Waals surface area (Å²) in [5.74, 6) is 0.350. The van der Waals surface area contributed by atoms with E-state index in [1.165, 1.54) is 6.07 Å². The van der Waals surface area contributed by atoms with E-state index in [0.29, 0.717) is 21.5 Å². The van der Waals surface area contributed by atoms with E-state index in [4.69, 9.17) is 27.9 Å². The molecule has 0 bridgehead atoms. The largest absolute Gasteiger partial charge is 0.497 e. The summed E-state index contributed by atoms with van der Waals surface area (Å²) in [5.41, 5.74) is 5.81. The summed E-state index contributed by atoms with van der Waals surface area (Å²) >= 11 is 11.6. The van der Waals surface area contributed by atoms with Crippen LogP contribution in [0.1, 0.15) is 5.56 Å². The van der Waals surface area contributed by atoms with Crippen molar-refractivity contribution in [3.63, 3.8) is 0 Å². The van der Waals surface area contributed by atoms with Crippen molar-refractivity contribution in [1.82, 2.24) is 10.9 Å². The van der Waals surface area contributed by atoms with Crippen molar-refractivity contribution in [3.05, 3.63) is 58.1 Å². The number of carbonyl (C=O) groups excluding carboxylic acids is 2. The molecule has 6 nitrogen and oxygen atoms in total. The molecule has 0 aromatic heterocycles. The molecule has 0 fully saturated rings. The molecular formula is C16H15Cl2N3O3. The fourth-order valence-corrected chi connectivity index (χ4v) is 2.13. The molecule has 126 valence electrons. The highest BCUT2D eigenvalue weighted by Crippen LogP contribution is 2.24. The maximum absolute atomic E-state index is 11.8. The van der Waals surface area contributed by atoms with Gasteiger partial charge in [0.15, 0.2) is 0 Å². The SMILES string of the molecule is COc1ccc(CC(=O)NNC(=O)Nc2ccc(Cl)c(Cl)c2)cc1. The summed E-state index contributed by atoms with van der Waals surface area (Å²) in [4.78, 5) is 23.5. The van der Waals surface area contributed by atoms with Crippen LogP contribution in [0.2, 0.25) is 10.0 Å². The van der Waals surface area contributed by atoms with Crippen LogP contribution in [-0.2, 0) is 11.2 Å². The van der Waals surface area contributed by atoms with Gasteiger partial charge in [0, 0.05) is 5.69 Å². The molecule has 0 aliphatic rings. The van der Waals surface area contributed by atoms with Crippen molar-refractivity contribution >= 4 is 40.8 Å². The number of rotatable bonds is 4. The third-order valence-electron chi connectivity index (χ3n) is 3.02. The molecular weight excluding hydrogens is 353 g/mol. The van der Waals surface area contributed by atoms with Crippen molar-refractivity contribution in [1.29, 1.82) is 0 Å². The molecule has 2 aromatic rings. The predicted octanol–water partition coefficient (Wildman–Crippen LogP) is 3.40. The first kappa shape index (κ1) is 17.9. The number of amides is 3. The maximum atomic E-state index is 11.8. The molecule has 8 heteroatoms. The molecule has 2 aromatic carbocycles. The Labute approximate surface area is 149 Å². The molecule has 0 atom stereocenters. The zero-order valence-electron chi connectivity index (χ0n) is 12.7. The lowest BCUT2D eigenvalue weighted by Crippen LogP contribution is -2.44. The topological polar surface area (TPSA) is 79.5 Å². The average Bonchev–Trinajstić information content (AvgIpc) is 2.57. The number of hydrazine groups is 1. The molecule has 0 unspecified atom stereocenters. The van der Waals surface area contributed by atoms with Crippen LogP contribution in [0.4, 0.5) is 10.5 Å². The van der Waals surface area contributed by atoms with Gasteiger partial charge in [-0.2, -0.15) is 0 Å². The van der Waals surface area contributed by atoms with Crippen molar-refractivity contribution in [2.75, 3.05) is 12.4 Å². The Balaban J connectivity index is 1.79. The van der Waals surface area contributed by atoms with E-state index >= 15 is 0 Å². The van der Waals surface area contributed by atoms with E-state index in [-0.39, 0.29) is 12.3 Å². The second kappa shape index (κ2) is 8.42. The Bertz CT molecular complexity index is 736. The second-order valence-electron chi connectivity index (χ2n) is 4.78. The zero-order chi connectivity index (χ0) is 17.5. The Hall–Kier alpha value is -2.44. The quantitative estimate of drug-likeness (QED) is 0.724. The highest BCUT2D eigenvalue weighted by molar-refractivity contribution is 6.42. The van der Waals surface area contributed by atoms with E-state index in [1.54, 1.807) is 43.5 Å². The molecule has 0 spiro atoms. The number of methoxy groups -OCH3 is 1. The van der Waals surface area contributed by atoms with Gasteiger partial charge in [0.2, 0.25) is 5.91 Å². The summed E-state index contributed by atoms with van der Waals surface area (Å²) in [6, 6.07) is 11.1. The summed E-state index contributed by atoms with van der Waals surface area (Å²) in [7, 11) is 1.57. The third kappa shape index (κ3) is 5.33. The van der Waals surface area contributed by atoms with E-state index in [9.17, 15) is 9.59 Å². The lowest BCUT2D eigenvalue weighted by Gasteiger charge is -2.10. The second-order valence-corrected chi connectivity index (χ2v) is 5.60. The minimum absolute atomic E-state index is 0.122. The number of halogens is 2. The standard InChI is InChI=1S/C16H15Cl2N3O3/c1-24-12-5-2-10(3-6-12)8-15(22)20-21-16(23)19-11-4-7-13(17)14(18)9-11/h2-7,9H,8H2,1H3,(H,20,22)(H2,19,21,23). The molecule has 3 N–H and O–H groups in total. The molecule has 3 amide bonds. The fraction of sp³-hybridized carbons (Fsp3) is 0.125. The molecule has 0 aliphatic carbocycles. The molecule has 24 heavy (non-hydrogen) atoms. The molecule has 0 saturated carbocycles. The van der Waals surface area contributed by atoms with Crippen LogP contribution in [0, 0.1) is 0 Å². The Morgan fingerprint density at radius 2 is 1.71 bits per heavy atom. The number of ether oxygens (including phenoxy) is 1. The van der Waals surface area contributed by atoms with E-state index in [1.807, 2.05) is 0 Å². The first-order valence-electron chi connectivity index (χ1n) is 6.92. The first-order chi connectivity index (χ1) is 11.5. The number of benzene rings is 2. The Morgan fingerprint density at radius 3 is 2.33 bits per heavy atom. The van der Waals surface area contributed by atoms with Gasteiger partial charge in [0.25, 0.3) is 0 Å². The number of hydrogen-bond acceptors (Lipinski definition) is 3. The number of nitrogens with one attached hydrogen (secondary N) is 3. The highest BCUT2D eigenvalue weighted by atomic mass is 35.5. The van der Waals surface area contributed by atoms with Crippen LogP contribution >= 0.6 is 23.2 Å². The summed E-state index contributed by atoms with van der Waals surface area (Å²) in [6.45, 7) is 0. The van der Waals surface area contributed by atoms with Crippen LogP contribution in [0.15, 0.2) is 42.5 Å². The number of hydrogen-bond donors (Lipinski definition) is 3. The van der Waals surface area contributed by atoms with Crippen LogP contribution < -0.4 is 20.9 Å². The van der Waals surface area contributed by atoms with E-state index < -0.39 is 6.03 Å². The first-order valence-corrected chi connectivity index (χ1v) is 7.67. The number of urea groups is 1. The van der Waals surface area contributed by atoms with Gasteiger partial charge in [-0.15, -0.1) is 0 Å². The van der Waals surface area contributed by atoms with Gasteiger partial charge in [0.1, 0.15) is 5.75 Å². The van der Waals surface area contributed by atoms with Crippen molar-refractivity contribution in [2.45, 2.75) is 6.42 Å². The van der Waals surface area contributed by atoms with Crippen molar-refractivity contribution in [2.24, 2.45) is 0 Å². The van der Waals surface area contributed by atoms with Crippen LogP contribution in [-0.4, -0.2) is 19.0 Å². The monoisotopic (exact) mass is 367 g/mol. The Morgan fingerprint density at radius 1 is 1.00 bits per heavy atom. The fourth-order valence-electron chi connectivity index (χ4n) is 1.84. The molecule has 0 heterocycles. The van der Waals surface area contributed by atoms with E-state index in [2.05, 4.69) is 16.2 Å². The summed E-state index contributed by atoms with van der Waals surface area (Å²) < 4.78 is 5.04. The maximum Gasteiger partial charge on any atom is 0.337 e. The number of carbonyl (C=O) groups is 2. The van der Waals surface area contributed by atoms with E-state index in [0.717, 1.165) is 5.56 Å². The van der Waals surface area contributed by atoms with Gasteiger partial charge in [-0.1, -0.05) is 35.3 Å². The van der Waals surface area contributed by atoms with Crippen molar-refractivity contribution < 1.29 is 14.3 Å².